The van der Waals surface area contributed by atoms with Gasteiger partial charge in [-0.05, 0) is 115 Å². The fourth-order valence-corrected chi connectivity index (χ4v) is 7.98. The molecule has 0 saturated carbocycles. The number of rotatable bonds is 8. The Bertz CT molecular complexity index is 2050. The molecule has 0 spiro atoms. The van der Waals surface area contributed by atoms with Crippen molar-refractivity contribution in [3.8, 4) is 0 Å². The zero-order valence-corrected chi connectivity index (χ0v) is 28.4. The number of methoxy groups -OCH3 is 1. The molecule has 0 radical (unpaired) electrons. The predicted molar refractivity (Wildman–Crippen MR) is 194 cm³/mol. The Morgan fingerprint density at radius 2 is 1.56 bits per heavy atom. The van der Waals surface area contributed by atoms with E-state index in [1.165, 1.54) is 56.8 Å². The molecule has 1 atom stereocenters. The van der Waals surface area contributed by atoms with Gasteiger partial charge in [-0.1, -0.05) is 66.7 Å². The summed E-state index contributed by atoms with van der Waals surface area (Å²) in [4.78, 5) is 28.6. The number of carbonyl (C=O) groups excluding carboxylic acids is 2. The monoisotopic (exact) mass is 636 g/mol. The number of hydrogen-bond acceptors (Lipinski definition) is 6. The molecule has 0 amide bonds. The second-order valence-electron chi connectivity index (χ2n) is 13.6. The molecule has 1 heterocycles. The number of fused-ring (bicyclic) bond motifs is 1. The summed E-state index contributed by atoms with van der Waals surface area (Å²) < 4.78 is 11.2. The van der Waals surface area contributed by atoms with Crippen LogP contribution < -0.4 is 15.5 Å². The van der Waals surface area contributed by atoms with Gasteiger partial charge in [0.2, 0.25) is 0 Å². The van der Waals surface area contributed by atoms with Crippen molar-refractivity contribution < 1.29 is 19.1 Å². The molecule has 242 valence electrons. The number of aryl methyl sites for hydroxylation is 1. The van der Waals surface area contributed by atoms with Crippen LogP contribution in [0.15, 0.2) is 91.0 Å². The van der Waals surface area contributed by atoms with Crippen molar-refractivity contribution in [3.05, 3.63) is 136 Å². The minimum absolute atomic E-state index is 0.185. The van der Waals surface area contributed by atoms with Crippen molar-refractivity contribution in [2.24, 2.45) is 5.41 Å². The maximum Gasteiger partial charge on any atom is 0.409 e. The summed E-state index contributed by atoms with van der Waals surface area (Å²) in [5.41, 5.74) is 11.7. The highest BCUT2D eigenvalue weighted by Crippen LogP contribution is 2.43. The molecule has 2 aliphatic rings. The minimum atomic E-state index is -0.638. The van der Waals surface area contributed by atoms with Crippen LogP contribution in [-0.4, -0.2) is 32.6 Å². The van der Waals surface area contributed by atoms with E-state index in [-0.39, 0.29) is 25.5 Å². The van der Waals surface area contributed by atoms with E-state index in [0.717, 1.165) is 16.8 Å². The average Bonchev–Trinajstić information content (AvgIpc) is 3.48. The van der Waals surface area contributed by atoms with Crippen LogP contribution in [0.1, 0.15) is 56.2 Å². The molecular formula is C41H41BN2O4. The smallest absolute Gasteiger partial charge is 0.409 e. The molecule has 5 aromatic carbocycles. The van der Waals surface area contributed by atoms with Gasteiger partial charge < -0.3 is 19.5 Å². The molecule has 1 unspecified atom stereocenters. The van der Waals surface area contributed by atoms with E-state index in [2.05, 4.69) is 91.5 Å². The third kappa shape index (κ3) is 5.51. The van der Waals surface area contributed by atoms with E-state index in [0.29, 0.717) is 31.4 Å². The molecule has 0 bridgehead atoms. The van der Waals surface area contributed by atoms with E-state index in [4.69, 9.17) is 9.47 Å². The van der Waals surface area contributed by atoms with Gasteiger partial charge in [0.25, 0.3) is 0 Å². The number of anilines is 2. The molecule has 1 aliphatic carbocycles. The summed E-state index contributed by atoms with van der Waals surface area (Å²) in [5, 5.41) is 6.39. The Kier molecular flexibility index (Phi) is 8.24. The highest BCUT2D eigenvalue weighted by atomic mass is 16.5. The van der Waals surface area contributed by atoms with Gasteiger partial charge >= 0.3 is 18.9 Å². The predicted octanol–water partition coefficient (Wildman–Crippen LogP) is 7.27. The van der Waals surface area contributed by atoms with Crippen LogP contribution >= 0.6 is 0 Å². The van der Waals surface area contributed by atoms with Gasteiger partial charge in [-0.2, -0.15) is 0 Å². The third-order valence-electron chi connectivity index (χ3n) is 10.3. The van der Waals surface area contributed by atoms with E-state index < -0.39 is 5.41 Å². The minimum Gasteiger partial charge on any atom is -0.469 e. The molecule has 7 rings (SSSR count). The summed E-state index contributed by atoms with van der Waals surface area (Å²) in [6.45, 7) is 9.27. The fourth-order valence-electron chi connectivity index (χ4n) is 7.98. The zero-order chi connectivity index (χ0) is 33.6. The molecular weight excluding hydrogens is 595 g/mol. The Morgan fingerprint density at radius 1 is 0.875 bits per heavy atom. The van der Waals surface area contributed by atoms with Gasteiger partial charge in [0, 0.05) is 29.7 Å². The number of nitrogens with one attached hydrogen (secondary N) is 1. The zero-order valence-electron chi connectivity index (χ0n) is 28.4. The van der Waals surface area contributed by atoms with Crippen molar-refractivity contribution in [2.45, 2.75) is 53.5 Å². The van der Waals surface area contributed by atoms with Crippen LogP contribution in [0.2, 0.25) is 0 Å². The topological polar surface area (TPSA) is 67.9 Å². The Balaban J connectivity index is 1.38. The molecule has 0 fully saturated rings. The quantitative estimate of drug-likeness (QED) is 0.143. The van der Waals surface area contributed by atoms with E-state index in [9.17, 15) is 9.59 Å². The summed E-state index contributed by atoms with van der Waals surface area (Å²) >= 11 is 0. The highest BCUT2D eigenvalue weighted by Gasteiger charge is 2.45. The van der Waals surface area contributed by atoms with Crippen LogP contribution in [0.4, 0.5) is 11.4 Å². The van der Waals surface area contributed by atoms with Crippen molar-refractivity contribution >= 4 is 46.5 Å². The first-order valence-corrected chi connectivity index (χ1v) is 16.7. The largest absolute Gasteiger partial charge is 0.469 e. The lowest BCUT2D eigenvalue weighted by Crippen LogP contribution is -2.58. The van der Waals surface area contributed by atoms with E-state index in [1.807, 2.05) is 25.1 Å². The lowest BCUT2D eigenvalue weighted by Gasteiger charge is -2.40. The maximum absolute atomic E-state index is 13.1. The second-order valence-corrected chi connectivity index (χ2v) is 13.6. The molecule has 5 aromatic rings. The molecule has 48 heavy (non-hydrogen) atoms. The van der Waals surface area contributed by atoms with E-state index >= 15 is 0 Å². The first-order valence-electron chi connectivity index (χ1n) is 16.7. The van der Waals surface area contributed by atoms with Crippen molar-refractivity contribution in [3.63, 3.8) is 0 Å². The molecule has 7 heteroatoms. The Morgan fingerprint density at radius 3 is 2.27 bits per heavy atom. The first-order chi connectivity index (χ1) is 23.2. The summed E-state index contributed by atoms with van der Waals surface area (Å²) in [6, 6.07) is 30.7. The SMILES string of the molecule is COC(=O)C1(C)Cc2c(C)c(CCOC(=O)c3ccccc3)c(B3Nc4cccc5cc(C)cc(c45)N3Cc3ccccc3)c(C)c2C1. The summed E-state index contributed by atoms with van der Waals surface area (Å²) in [7, 11) is 1.47. The number of esters is 2. The normalized spacial score (nSPS) is 16.4. The van der Waals surface area contributed by atoms with Gasteiger partial charge in [0.15, 0.2) is 0 Å². The molecule has 1 aliphatic heterocycles. The Hall–Kier alpha value is -5.04. The van der Waals surface area contributed by atoms with Gasteiger partial charge in [-0.15, -0.1) is 0 Å². The van der Waals surface area contributed by atoms with Gasteiger partial charge in [0.05, 0.1) is 24.7 Å². The lowest BCUT2D eigenvalue weighted by atomic mass is 9.58. The van der Waals surface area contributed by atoms with E-state index in [1.54, 1.807) is 12.1 Å². The van der Waals surface area contributed by atoms with Crippen molar-refractivity contribution in [2.75, 3.05) is 23.8 Å². The van der Waals surface area contributed by atoms with Crippen molar-refractivity contribution in [1.82, 2.24) is 0 Å². The molecule has 1 N–H and O–H groups in total. The maximum atomic E-state index is 13.1. The first kappa shape index (κ1) is 31.6. The van der Waals surface area contributed by atoms with Gasteiger partial charge in [-0.3, -0.25) is 4.79 Å². The summed E-state index contributed by atoms with van der Waals surface area (Å²) in [6.07, 6.45) is 1.78. The second kappa shape index (κ2) is 12.5. The third-order valence-corrected chi connectivity index (χ3v) is 10.3. The average molecular weight is 637 g/mol. The molecule has 0 saturated heterocycles. The number of nitrogens with zero attached hydrogens (tertiary/aromatic N) is 1. The highest BCUT2D eigenvalue weighted by molar-refractivity contribution is 6.81. The van der Waals surface area contributed by atoms with Crippen LogP contribution in [0.25, 0.3) is 10.8 Å². The number of benzene rings is 5. The van der Waals surface area contributed by atoms with Crippen LogP contribution in [-0.2, 0) is 40.1 Å². The Labute approximate surface area is 283 Å². The van der Waals surface area contributed by atoms with Crippen LogP contribution in [0.3, 0.4) is 0 Å². The van der Waals surface area contributed by atoms with Crippen molar-refractivity contribution in [1.29, 1.82) is 0 Å². The number of carbonyl (C=O) groups is 2. The van der Waals surface area contributed by atoms with Crippen LogP contribution in [0, 0.1) is 26.2 Å². The standard InChI is InChI=1S/C41H41BN2O4/c1-26-21-31-17-12-18-35-37(31)36(22-26)44(25-29-13-8-6-9-14-29)42(43-35)38-28(3)34-24-41(4,40(46)47-5)23-33(34)27(2)32(38)19-20-48-39(45)30-15-10-7-11-16-30/h6-18,21-22,43H,19-20,23-25H2,1-5H3. The van der Waals surface area contributed by atoms with Gasteiger partial charge in [-0.25, -0.2) is 4.79 Å². The number of hydrogen-bond donors (Lipinski definition) is 1. The van der Waals surface area contributed by atoms with Crippen LogP contribution in [0.5, 0.6) is 0 Å². The number of ether oxygens (including phenoxy) is 2. The summed E-state index contributed by atoms with van der Waals surface area (Å²) in [5.74, 6) is -0.515. The lowest BCUT2D eigenvalue weighted by molar-refractivity contribution is -0.151. The van der Waals surface area contributed by atoms with Gasteiger partial charge in [0.1, 0.15) is 0 Å². The fraction of sp³-hybridized carbons (Fsp3) is 0.268. The molecule has 0 aromatic heterocycles. The molecule has 6 nitrogen and oxygen atoms in total.